The van der Waals surface area contributed by atoms with Gasteiger partial charge in [-0.1, -0.05) is 19.0 Å². The first-order valence-electron chi connectivity index (χ1n) is 7.22. The monoisotopic (exact) mass is 265 g/mol. The number of likely N-dealkylation sites (tertiary alicyclic amines) is 1. The SMILES string of the molecule is CC(C)c1nc(CN2CC(N3CCNCC3)C2)no1. The molecule has 0 bridgehead atoms. The van der Waals surface area contributed by atoms with E-state index in [4.69, 9.17) is 4.52 Å². The molecule has 0 unspecified atom stereocenters. The van der Waals surface area contributed by atoms with Crippen LogP contribution >= 0.6 is 0 Å². The summed E-state index contributed by atoms with van der Waals surface area (Å²) in [6.07, 6.45) is 0. The molecule has 0 aliphatic carbocycles. The molecule has 2 saturated heterocycles. The Morgan fingerprint density at radius 1 is 1.32 bits per heavy atom. The standard InChI is InChI=1S/C13H23N5O/c1-10(2)13-15-12(16-19-13)9-17-7-11(8-17)18-5-3-14-4-6-18/h10-11,14H,3-9H2,1-2H3. The first kappa shape index (κ1) is 13.0. The number of piperazine rings is 1. The van der Waals surface area contributed by atoms with Gasteiger partial charge in [0.05, 0.1) is 6.54 Å². The average molecular weight is 265 g/mol. The molecule has 1 aromatic rings. The topological polar surface area (TPSA) is 57.4 Å². The Labute approximate surface area is 114 Å². The zero-order chi connectivity index (χ0) is 13.2. The maximum atomic E-state index is 5.23. The van der Waals surface area contributed by atoms with Crippen LogP contribution in [0.4, 0.5) is 0 Å². The predicted molar refractivity (Wildman–Crippen MR) is 71.9 cm³/mol. The molecular formula is C13H23N5O. The minimum absolute atomic E-state index is 0.311. The normalized spacial score (nSPS) is 22.9. The Morgan fingerprint density at radius 2 is 2.05 bits per heavy atom. The van der Waals surface area contributed by atoms with Crippen LogP contribution in [0.1, 0.15) is 31.5 Å². The number of nitrogens with zero attached hydrogens (tertiary/aromatic N) is 4. The molecule has 106 valence electrons. The summed E-state index contributed by atoms with van der Waals surface area (Å²) in [6, 6.07) is 0.721. The van der Waals surface area contributed by atoms with Crippen molar-refractivity contribution in [3.63, 3.8) is 0 Å². The van der Waals surface area contributed by atoms with E-state index in [2.05, 4.69) is 39.1 Å². The Balaban J connectivity index is 1.45. The van der Waals surface area contributed by atoms with E-state index < -0.39 is 0 Å². The van der Waals surface area contributed by atoms with Crippen LogP contribution in [-0.2, 0) is 6.54 Å². The van der Waals surface area contributed by atoms with Crippen molar-refractivity contribution in [2.75, 3.05) is 39.3 Å². The molecule has 3 heterocycles. The van der Waals surface area contributed by atoms with Crippen molar-refractivity contribution in [2.45, 2.75) is 32.4 Å². The summed E-state index contributed by atoms with van der Waals surface area (Å²) in [4.78, 5) is 9.40. The van der Waals surface area contributed by atoms with Crippen molar-refractivity contribution >= 4 is 0 Å². The minimum Gasteiger partial charge on any atom is -0.339 e. The molecule has 3 rings (SSSR count). The number of hydrogen-bond donors (Lipinski definition) is 1. The third kappa shape index (κ3) is 2.96. The Bertz CT molecular complexity index is 407. The molecule has 0 spiro atoms. The van der Waals surface area contributed by atoms with Crippen molar-refractivity contribution in [3.8, 4) is 0 Å². The van der Waals surface area contributed by atoms with Crippen LogP contribution < -0.4 is 5.32 Å². The zero-order valence-electron chi connectivity index (χ0n) is 11.8. The molecule has 0 amide bonds. The van der Waals surface area contributed by atoms with Gasteiger partial charge in [0.2, 0.25) is 5.89 Å². The Morgan fingerprint density at radius 3 is 2.68 bits per heavy atom. The van der Waals surface area contributed by atoms with Gasteiger partial charge in [0.1, 0.15) is 0 Å². The molecule has 6 nitrogen and oxygen atoms in total. The van der Waals surface area contributed by atoms with Crippen LogP contribution in [0.5, 0.6) is 0 Å². The highest BCUT2D eigenvalue weighted by Crippen LogP contribution is 2.18. The van der Waals surface area contributed by atoms with Crippen molar-refractivity contribution < 1.29 is 4.52 Å². The Kier molecular flexibility index (Phi) is 3.81. The summed E-state index contributed by atoms with van der Waals surface area (Å²) in [5.74, 6) is 1.88. The smallest absolute Gasteiger partial charge is 0.229 e. The quantitative estimate of drug-likeness (QED) is 0.844. The van der Waals surface area contributed by atoms with Crippen molar-refractivity contribution in [1.29, 1.82) is 0 Å². The largest absolute Gasteiger partial charge is 0.339 e. The van der Waals surface area contributed by atoms with Gasteiger partial charge in [0, 0.05) is 51.2 Å². The van der Waals surface area contributed by atoms with E-state index in [1.807, 2.05) is 0 Å². The van der Waals surface area contributed by atoms with Crippen LogP contribution in [0, 0.1) is 0 Å². The summed E-state index contributed by atoms with van der Waals surface area (Å²) in [5.41, 5.74) is 0. The molecule has 2 aliphatic heterocycles. The van der Waals surface area contributed by atoms with Crippen molar-refractivity contribution in [2.24, 2.45) is 0 Å². The second-order valence-corrected chi connectivity index (χ2v) is 5.84. The lowest BCUT2D eigenvalue weighted by atomic mass is 10.1. The summed E-state index contributed by atoms with van der Waals surface area (Å²) in [5, 5.41) is 7.44. The maximum absolute atomic E-state index is 5.23. The van der Waals surface area contributed by atoms with Crippen LogP contribution in [-0.4, -0.2) is 65.3 Å². The molecule has 0 atom stereocenters. The lowest BCUT2D eigenvalue weighted by molar-refractivity contribution is 0.0204. The summed E-state index contributed by atoms with van der Waals surface area (Å²) >= 11 is 0. The molecule has 19 heavy (non-hydrogen) atoms. The molecule has 6 heteroatoms. The maximum Gasteiger partial charge on any atom is 0.229 e. The predicted octanol–water partition coefficient (Wildman–Crippen LogP) is 0.282. The third-order valence-corrected chi connectivity index (χ3v) is 3.95. The minimum atomic E-state index is 0.311. The second-order valence-electron chi connectivity index (χ2n) is 5.84. The van der Waals surface area contributed by atoms with E-state index in [0.29, 0.717) is 5.92 Å². The van der Waals surface area contributed by atoms with Gasteiger partial charge in [-0.25, -0.2) is 0 Å². The lowest BCUT2D eigenvalue weighted by Crippen LogP contribution is -2.62. The van der Waals surface area contributed by atoms with Crippen LogP contribution in [0.15, 0.2) is 4.52 Å². The third-order valence-electron chi connectivity index (χ3n) is 3.95. The number of rotatable bonds is 4. The Hall–Kier alpha value is -0.980. The highest BCUT2D eigenvalue weighted by molar-refractivity contribution is 4.95. The van der Waals surface area contributed by atoms with E-state index >= 15 is 0 Å². The molecule has 2 fully saturated rings. The molecular weight excluding hydrogens is 242 g/mol. The van der Waals surface area contributed by atoms with Crippen LogP contribution in [0.3, 0.4) is 0 Å². The van der Waals surface area contributed by atoms with Gasteiger partial charge in [-0.2, -0.15) is 4.98 Å². The molecule has 1 N–H and O–H groups in total. The van der Waals surface area contributed by atoms with E-state index in [0.717, 1.165) is 50.5 Å². The van der Waals surface area contributed by atoms with E-state index in [9.17, 15) is 0 Å². The molecule has 0 radical (unpaired) electrons. The van der Waals surface area contributed by atoms with Gasteiger partial charge in [0.25, 0.3) is 0 Å². The van der Waals surface area contributed by atoms with E-state index in [-0.39, 0.29) is 0 Å². The fraction of sp³-hybridized carbons (Fsp3) is 0.846. The van der Waals surface area contributed by atoms with Crippen LogP contribution in [0.25, 0.3) is 0 Å². The first-order chi connectivity index (χ1) is 9.22. The second kappa shape index (κ2) is 5.56. The molecule has 0 aromatic carbocycles. The van der Waals surface area contributed by atoms with Gasteiger partial charge >= 0.3 is 0 Å². The van der Waals surface area contributed by atoms with Gasteiger partial charge < -0.3 is 9.84 Å². The molecule has 1 aromatic heterocycles. The highest BCUT2D eigenvalue weighted by atomic mass is 16.5. The number of hydrogen-bond acceptors (Lipinski definition) is 6. The van der Waals surface area contributed by atoms with Crippen molar-refractivity contribution in [1.82, 2.24) is 25.3 Å². The van der Waals surface area contributed by atoms with Crippen LogP contribution in [0.2, 0.25) is 0 Å². The van der Waals surface area contributed by atoms with Gasteiger partial charge in [-0.3, -0.25) is 9.80 Å². The van der Waals surface area contributed by atoms with E-state index in [1.165, 1.54) is 13.1 Å². The fourth-order valence-electron chi connectivity index (χ4n) is 2.72. The molecule has 2 aliphatic rings. The van der Waals surface area contributed by atoms with Gasteiger partial charge in [-0.15, -0.1) is 0 Å². The first-order valence-corrected chi connectivity index (χ1v) is 7.22. The van der Waals surface area contributed by atoms with Gasteiger partial charge in [-0.05, 0) is 0 Å². The zero-order valence-corrected chi connectivity index (χ0v) is 11.8. The molecule has 0 saturated carbocycles. The summed E-state index contributed by atoms with van der Waals surface area (Å²) in [7, 11) is 0. The average Bonchev–Trinajstić information content (AvgIpc) is 2.83. The summed E-state index contributed by atoms with van der Waals surface area (Å²) < 4.78 is 5.23. The lowest BCUT2D eigenvalue weighted by Gasteiger charge is -2.46. The number of aromatic nitrogens is 2. The van der Waals surface area contributed by atoms with Crippen molar-refractivity contribution in [3.05, 3.63) is 11.7 Å². The van der Waals surface area contributed by atoms with Gasteiger partial charge in [0.15, 0.2) is 5.82 Å². The van der Waals surface area contributed by atoms with E-state index in [1.54, 1.807) is 0 Å². The number of nitrogens with one attached hydrogen (secondary N) is 1. The summed E-state index contributed by atoms with van der Waals surface area (Å²) in [6.45, 7) is 11.8. The highest BCUT2D eigenvalue weighted by Gasteiger charge is 2.32. The fourth-order valence-corrected chi connectivity index (χ4v) is 2.72.